The number of fused-ring (bicyclic) bond motifs is 2. The number of amides is 2. The van der Waals surface area contributed by atoms with E-state index in [0.717, 1.165) is 33.6 Å². The Morgan fingerprint density at radius 3 is 2.55 bits per heavy atom. The van der Waals surface area contributed by atoms with Gasteiger partial charge in [0, 0.05) is 33.5 Å². The van der Waals surface area contributed by atoms with Gasteiger partial charge in [-0.15, -0.1) is 0 Å². The van der Waals surface area contributed by atoms with Gasteiger partial charge >= 0.3 is 10.8 Å². The molecule has 3 atom stereocenters. The minimum atomic E-state index is -1.01. The van der Waals surface area contributed by atoms with Crippen LogP contribution in [-0.4, -0.2) is 39.5 Å². The lowest BCUT2D eigenvalue weighted by Gasteiger charge is -2.30. The van der Waals surface area contributed by atoms with Crippen LogP contribution in [0.25, 0.3) is 0 Å². The first kappa shape index (κ1) is 29.6. The van der Waals surface area contributed by atoms with Crippen molar-refractivity contribution in [1.29, 1.82) is 0 Å². The van der Waals surface area contributed by atoms with Gasteiger partial charge in [-0.25, -0.2) is 9.69 Å². The third-order valence-corrected chi connectivity index (χ3v) is 9.92. The summed E-state index contributed by atoms with van der Waals surface area (Å²) in [6.45, 7) is 1.95. The Hall–Kier alpha value is -4.46. The molecule has 0 saturated carbocycles. The number of hydrogen-bond donors (Lipinski definition) is 1. The number of ether oxygens (including phenoxy) is 2. The summed E-state index contributed by atoms with van der Waals surface area (Å²) in [6, 6.07) is 17.0. The Morgan fingerprint density at radius 1 is 1.07 bits per heavy atom. The fraction of sp³-hybridized carbons (Fsp3) is 0.200. The molecule has 1 fully saturated rings. The third-order valence-electron chi connectivity index (χ3n) is 7.28. The van der Waals surface area contributed by atoms with Gasteiger partial charge in [0.1, 0.15) is 17.6 Å². The van der Waals surface area contributed by atoms with Crippen LogP contribution in [0.4, 0.5) is 11.4 Å². The van der Waals surface area contributed by atoms with E-state index in [9.17, 15) is 29.3 Å². The Labute approximate surface area is 262 Å². The average Bonchev–Trinajstić information content (AvgIpc) is 3.50. The van der Waals surface area contributed by atoms with E-state index < -0.39 is 39.8 Å². The molecule has 224 valence electrons. The van der Waals surface area contributed by atoms with Crippen molar-refractivity contribution < 1.29 is 28.8 Å². The lowest BCUT2D eigenvalue weighted by atomic mass is 9.82. The summed E-state index contributed by atoms with van der Waals surface area (Å²) in [5.41, 5.74) is 1.33. The number of carbonyl (C=O) groups is 3. The molecule has 44 heavy (non-hydrogen) atoms. The summed E-state index contributed by atoms with van der Waals surface area (Å²) < 4.78 is 11.2. The molecule has 0 radical (unpaired) electrons. The monoisotopic (exact) mass is 651 g/mol. The lowest BCUT2D eigenvalue weighted by molar-refractivity contribution is -0.385. The summed E-state index contributed by atoms with van der Waals surface area (Å²) in [6.07, 6.45) is 0. The number of nitrogens with zero attached hydrogens (tertiary/aromatic N) is 2. The molecule has 14 heteroatoms. The number of nitro groups is 1. The Balaban J connectivity index is 1.43. The van der Waals surface area contributed by atoms with Crippen molar-refractivity contribution in [3.05, 3.63) is 113 Å². The van der Waals surface area contributed by atoms with Gasteiger partial charge in [-0.3, -0.25) is 24.5 Å². The van der Waals surface area contributed by atoms with Crippen LogP contribution in [0.2, 0.25) is 5.02 Å². The van der Waals surface area contributed by atoms with E-state index in [0.29, 0.717) is 20.5 Å². The average molecular weight is 652 g/mol. The molecule has 0 spiro atoms. The first-order chi connectivity index (χ1) is 21.2. The number of esters is 1. The molecule has 2 aliphatic heterocycles. The van der Waals surface area contributed by atoms with E-state index in [4.69, 9.17) is 21.1 Å². The summed E-state index contributed by atoms with van der Waals surface area (Å²) >= 11 is 8.09. The fourth-order valence-corrected chi connectivity index (χ4v) is 8.10. The first-order valence-corrected chi connectivity index (χ1v) is 15.4. The molecule has 1 saturated heterocycles. The van der Waals surface area contributed by atoms with Crippen LogP contribution in [0.3, 0.4) is 0 Å². The van der Waals surface area contributed by atoms with E-state index in [1.165, 1.54) is 42.5 Å². The number of carbonyl (C=O) groups excluding carboxylic acids is 3. The van der Waals surface area contributed by atoms with Crippen molar-refractivity contribution >= 4 is 63.9 Å². The fourth-order valence-electron chi connectivity index (χ4n) is 5.38. The smallest absolute Gasteiger partial charge is 0.338 e. The van der Waals surface area contributed by atoms with Crippen molar-refractivity contribution in [3.63, 3.8) is 0 Å². The highest BCUT2D eigenvalue weighted by Crippen LogP contribution is 2.55. The second kappa shape index (κ2) is 11.9. The predicted octanol–water partition coefficient (Wildman–Crippen LogP) is 5.55. The van der Waals surface area contributed by atoms with Crippen LogP contribution in [0, 0.1) is 16.0 Å². The number of aromatic nitrogens is 1. The van der Waals surface area contributed by atoms with Crippen LogP contribution >= 0.6 is 34.7 Å². The molecule has 2 unspecified atom stereocenters. The molecule has 0 aliphatic carbocycles. The van der Waals surface area contributed by atoms with Gasteiger partial charge in [0.2, 0.25) is 11.8 Å². The largest absolute Gasteiger partial charge is 0.489 e. The van der Waals surface area contributed by atoms with Gasteiger partial charge < -0.3 is 14.5 Å². The lowest BCUT2D eigenvalue weighted by Crippen LogP contribution is -2.32. The topological polar surface area (TPSA) is 149 Å². The van der Waals surface area contributed by atoms with Crippen LogP contribution in [0.5, 0.6) is 5.75 Å². The number of aromatic amines is 1. The number of nitrogens with one attached hydrogen (secondary N) is 1. The molecule has 1 N–H and O–H groups in total. The maximum absolute atomic E-state index is 14.1. The number of halogens is 1. The van der Waals surface area contributed by atoms with Gasteiger partial charge in [0.05, 0.1) is 33.7 Å². The quantitative estimate of drug-likeness (QED) is 0.112. The SMILES string of the molecule is CCOC(=O)c1ccc(N2C(=O)C3Sc4[nH]c(=O)sc4[C@H](c4cc([N+](=O)[O-])ccc4OCc4cccc(Cl)c4)C3C2=O)cc1. The third kappa shape index (κ3) is 5.38. The Bertz CT molecular complexity index is 1870. The highest BCUT2D eigenvalue weighted by Gasteiger charge is 2.57. The first-order valence-electron chi connectivity index (χ1n) is 13.4. The molecule has 2 aliphatic rings. The van der Waals surface area contributed by atoms with E-state index >= 15 is 0 Å². The van der Waals surface area contributed by atoms with Gasteiger partial charge in [-0.2, -0.15) is 0 Å². The summed E-state index contributed by atoms with van der Waals surface area (Å²) in [7, 11) is 0. The Kier molecular flexibility index (Phi) is 8.01. The molecule has 6 rings (SSSR count). The Morgan fingerprint density at radius 2 is 1.84 bits per heavy atom. The predicted molar refractivity (Wildman–Crippen MR) is 164 cm³/mol. The van der Waals surface area contributed by atoms with Crippen LogP contribution < -0.4 is 14.5 Å². The van der Waals surface area contributed by atoms with Crippen molar-refractivity contribution in [2.24, 2.45) is 5.92 Å². The number of thiazole rings is 1. The van der Waals surface area contributed by atoms with Gasteiger partial charge in [0.15, 0.2) is 0 Å². The molecule has 3 heterocycles. The van der Waals surface area contributed by atoms with Gasteiger partial charge in [-0.1, -0.05) is 46.8 Å². The molecule has 11 nitrogen and oxygen atoms in total. The van der Waals surface area contributed by atoms with Crippen LogP contribution in [0.15, 0.2) is 76.6 Å². The molecule has 3 aromatic carbocycles. The van der Waals surface area contributed by atoms with Gasteiger partial charge in [-0.05, 0) is 55.0 Å². The molecule has 4 aromatic rings. The zero-order chi connectivity index (χ0) is 31.1. The molecule has 2 amide bonds. The number of thioether (sulfide) groups is 1. The van der Waals surface area contributed by atoms with Crippen LogP contribution in [0.1, 0.15) is 39.2 Å². The number of H-pyrrole nitrogens is 1. The highest BCUT2D eigenvalue weighted by molar-refractivity contribution is 8.00. The summed E-state index contributed by atoms with van der Waals surface area (Å²) in [4.78, 5) is 67.8. The second-order valence-electron chi connectivity index (χ2n) is 9.93. The number of benzene rings is 3. The van der Waals surface area contributed by atoms with E-state index in [2.05, 4.69) is 4.98 Å². The maximum atomic E-state index is 14.1. The number of rotatable bonds is 8. The summed E-state index contributed by atoms with van der Waals surface area (Å²) in [5.74, 6) is -3.24. The standard InChI is InChI=1S/C30H22ClN3O8S2/c1-2-41-29(37)16-6-8-18(9-7-16)33-27(35)23-22(24-26(32-30(38)44-24)43-25(23)28(33)36)20-13-19(34(39)40)10-11-21(20)42-14-15-4-3-5-17(31)12-15/h3-13,22-23,25H,2,14H2,1H3,(H,32,38)/t22-,23?,25?/m1/s1. The van der Waals surface area contributed by atoms with Gasteiger partial charge in [0.25, 0.3) is 5.69 Å². The maximum Gasteiger partial charge on any atom is 0.338 e. The summed E-state index contributed by atoms with van der Waals surface area (Å²) in [5, 5.41) is 11.8. The number of anilines is 1. The van der Waals surface area contributed by atoms with E-state index in [1.54, 1.807) is 25.1 Å². The number of hydrogen-bond acceptors (Lipinski definition) is 10. The zero-order valence-electron chi connectivity index (χ0n) is 22.9. The van der Waals surface area contributed by atoms with Crippen molar-refractivity contribution in [3.8, 4) is 5.75 Å². The normalized spacial score (nSPS) is 19.0. The van der Waals surface area contributed by atoms with Crippen molar-refractivity contribution in [1.82, 2.24) is 4.98 Å². The second-order valence-corrected chi connectivity index (χ2v) is 12.5. The van der Waals surface area contributed by atoms with E-state index in [1.807, 2.05) is 6.07 Å². The van der Waals surface area contributed by atoms with Crippen molar-refractivity contribution in [2.45, 2.75) is 29.7 Å². The highest BCUT2D eigenvalue weighted by atomic mass is 35.5. The number of nitro benzene ring substituents is 1. The molecule has 0 bridgehead atoms. The van der Waals surface area contributed by atoms with Crippen LogP contribution in [-0.2, 0) is 20.9 Å². The number of imide groups is 1. The molecular weight excluding hydrogens is 630 g/mol. The minimum absolute atomic E-state index is 0.0724. The van der Waals surface area contributed by atoms with E-state index in [-0.39, 0.29) is 40.8 Å². The van der Waals surface area contributed by atoms with Crippen molar-refractivity contribution in [2.75, 3.05) is 11.5 Å². The zero-order valence-corrected chi connectivity index (χ0v) is 25.2. The molecular formula is C30H22ClN3O8S2. The number of non-ortho nitro benzene ring substituents is 1. The minimum Gasteiger partial charge on any atom is -0.489 e. The molecule has 1 aromatic heterocycles.